The van der Waals surface area contributed by atoms with Gasteiger partial charge in [-0.1, -0.05) is 42.3 Å². The van der Waals surface area contributed by atoms with E-state index in [4.69, 9.17) is 0 Å². The summed E-state index contributed by atoms with van der Waals surface area (Å²) in [7, 11) is 0. The largest absolute Gasteiger partial charge is 0.369 e. The lowest BCUT2D eigenvalue weighted by molar-refractivity contribution is 0.262. The molecule has 1 heterocycles. The van der Waals surface area contributed by atoms with E-state index in [1.165, 1.54) is 0 Å². The zero-order valence-corrected chi connectivity index (χ0v) is 16.1. The molecule has 27 heavy (non-hydrogen) atoms. The summed E-state index contributed by atoms with van der Waals surface area (Å²) in [6.45, 7) is 3.38. The van der Waals surface area contributed by atoms with Gasteiger partial charge in [0.05, 0.1) is 0 Å². The van der Waals surface area contributed by atoms with Crippen LogP contribution in [-0.4, -0.2) is 35.3 Å². The molecule has 0 unspecified atom stereocenters. The van der Waals surface area contributed by atoms with Crippen LogP contribution in [0, 0.1) is 6.92 Å². The number of hydrogen-bond donors (Lipinski definition) is 4. The number of aromatic nitrogens is 2. The zero-order valence-electron chi connectivity index (χ0n) is 15.2. The van der Waals surface area contributed by atoms with Crippen molar-refractivity contribution in [1.29, 1.82) is 0 Å². The second-order valence-electron chi connectivity index (χ2n) is 5.88. The van der Waals surface area contributed by atoms with Gasteiger partial charge < -0.3 is 10.6 Å². The summed E-state index contributed by atoms with van der Waals surface area (Å²) in [5, 5.41) is 10.9. The van der Waals surface area contributed by atoms with Crippen molar-refractivity contribution < 1.29 is 4.79 Å². The first-order chi connectivity index (χ1) is 13.1. The number of carbonyl (C=O) groups is 1. The van der Waals surface area contributed by atoms with Crippen molar-refractivity contribution in [2.45, 2.75) is 6.92 Å². The number of anilines is 3. The Morgan fingerprint density at radius 3 is 2.63 bits per heavy atom. The lowest BCUT2D eigenvalue weighted by atomic mass is 10.1. The Morgan fingerprint density at radius 2 is 1.81 bits per heavy atom. The number of fused-ring (bicyclic) bond motifs is 1. The molecular weight excluding hydrogens is 360 g/mol. The van der Waals surface area contributed by atoms with Crippen LogP contribution in [-0.2, 0) is 0 Å². The Bertz CT molecular complexity index is 933. The average molecular weight is 382 g/mol. The number of amides is 2. The van der Waals surface area contributed by atoms with Crippen LogP contribution in [0.15, 0.2) is 48.5 Å². The van der Waals surface area contributed by atoms with Crippen LogP contribution in [0.2, 0.25) is 0 Å². The minimum Gasteiger partial charge on any atom is -0.369 e. The zero-order chi connectivity index (χ0) is 19.1. The molecule has 2 amide bonds. The summed E-state index contributed by atoms with van der Waals surface area (Å²) in [5.41, 5.74) is 1.48. The Kier molecular flexibility index (Phi) is 6.45. The summed E-state index contributed by atoms with van der Waals surface area (Å²) in [4.78, 5) is 20.9. The minimum atomic E-state index is -0.383. The first kappa shape index (κ1) is 18.9. The highest BCUT2D eigenvalue weighted by atomic mass is 32.2. The van der Waals surface area contributed by atoms with Gasteiger partial charge in [0.1, 0.15) is 5.82 Å². The lowest BCUT2D eigenvalue weighted by Gasteiger charge is -2.10. The molecule has 2 aromatic carbocycles. The second kappa shape index (κ2) is 9.20. The quantitative estimate of drug-likeness (QED) is 0.366. The molecule has 0 spiro atoms. The molecule has 8 heteroatoms. The molecule has 4 N–H and O–H groups in total. The number of urea groups is 1. The van der Waals surface area contributed by atoms with E-state index in [2.05, 4.69) is 30.6 Å². The first-order valence-corrected chi connectivity index (χ1v) is 9.79. The third kappa shape index (κ3) is 5.57. The van der Waals surface area contributed by atoms with E-state index in [-0.39, 0.29) is 12.0 Å². The molecule has 0 saturated heterocycles. The molecule has 3 aromatic rings. The highest BCUT2D eigenvalue weighted by Crippen LogP contribution is 2.19. The van der Waals surface area contributed by atoms with E-state index in [0.717, 1.165) is 29.6 Å². The van der Waals surface area contributed by atoms with Crippen LogP contribution in [0.1, 0.15) is 5.69 Å². The van der Waals surface area contributed by atoms with Gasteiger partial charge in [-0.15, -0.1) is 0 Å². The Labute approximate surface area is 162 Å². The van der Waals surface area contributed by atoms with Crippen LogP contribution >= 0.6 is 11.9 Å². The molecule has 3 rings (SSSR count). The fourth-order valence-electron chi connectivity index (χ4n) is 2.59. The number of nitrogens with one attached hydrogen (secondary N) is 4. The third-order valence-electron chi connectivity index (χ3n) is 3.76. The standard InChI is InChI=1S/C19H22N6OS/c1-13-11-17(20-9-10-21-27-2)24-18(22-13)25-19(26)23-16-8-7-14-5-3-4-6-15(14)12-16/h3-8,11-12,21H,9-10H2,1-2H3,(H3,20,22,23,24,25,26). The molecule has 0 aliphatic heterocycles. The maximum atomic E-state index is 12.3. The second-order valence-corrected chi connectivity index (χ2v) is 6.58. The van der Waals surface area contributed by atoms with Crippen molar-refractivity contribution in [1.82, 2.24) is 14.7 Å². The molecule has 7 nitrogen and oxygen atoms in total. The molecule has 140 valence electrons. The van der Waals surface area contributed by atoms with Crippen LogP contribution in [0.4, 0.5) is 22.2 Å². The highest BCUT2D eigenvalue weighted by Gasteiger charge is 2.08. The normalized spacial score (nSPS) is 10.6. The van der Waals surface area contributed by atoms with Gasteiger partial charge >= 0.3 is 6.03 Å². The van der Waals surface area contributed by atoms with E-state index in [9.17, 15) is 4.79 Å². The summed E-state index contributed by atoms with van der Waals surface area (Å²) in [5.74, 6) is 0.931. The maximum absolute atomic E-state index is 12.3. The number of benzene rings is 2. The first-order valence-electron chi connectivity index (χ1n) is 8.56. The molecule has 0 bridgehead atoms. The summed E-state index contributed by atoms with van der Waals surface area (Å²) < 4.78 is 3.15. The molecular formula is C19H22N6OS. The van der Waals surface area contributed by atoms with Crippen molar-refractivity contribution >= 4 is 46.2 Å². The molecule has 0 aliphatic carbocycles. The summed E-state index contributed by atoms with van der Waals surface area (Å²) in [6.07, 6.45) is 1.98. The van der Waals surface area contributed by atoms with Crippen molar-refractivity contribution in [3.63, 3.8) is 0 Å². The Morgan fingerprint density at radius 1 is 1.00 bits per heavy atom. The van der Waals surface area contributed by atoms with Crippen molar-refractivity contribution in [3.05, 3.63) is 54.2 Å². The topological polar surface area (TPSA) is 91.0 Å². The van der Waals surface area contributed by atoms with E-state index >= 15 is 0 Å². The molecule has 0 aliphatic rings. The smallest absolute Gasteiger partial charge is 0.326 e. The summed E-state index contributed by atoms with van der Waals surface area (Å²) >= 11 is 1.56. The summed E-state index contributed by atoms with van der Waals surface area (Å²) in [6, 6.07) is 15.2. The van der Waals surface area contributed by atoms with E-state index in [0.29, 0.717) is 11.5 Å². The lowest BCUT2D eigenvalue weighted by Crippen LogP contribution is -2.22. The molecule has 1 aromatic heterocycles. The van der Waals surface area contributed by atoms with Gasteiger partial charge in [0.15, 0.2) is 0 Å². The SMILES string of the molecule is CSNCCNc1cc(C)nc(NC(=O)Nc2ccc3ccccc3c2)n1. The molecule has 0 saturated carbocycles. The van der Waals surface area contributed by atoms with Gasteiger partial charge in [-0.05, 0) is 36.1 Å². The minimum absolute atomic E-state index is 0.258. The van der Waals surface area contributed by atoms with Crippen LogP contribution in [0.5, 0.6) is 0 Å². The van der Waals surface area contributed by atoms with Gasteiger partial charge in [-0.25, -0.2) is 9.78 Å². The van der Waals surface area contributed by atoms with E-state index in [1.807, 2.05) is 61.7 Å². The van der Waals surface area contributed by atoms with Crippen LogP contribution in [0.25, 0.3) is 10.8 Å². The third-order valence-corrected chi connectivity index (χ3v) is 4.26. The monoisotopic (exact) mass is 382 g/mol. The fourth-order valence-corrected chi connectivity index (χ4v) is 2.90. The van der Waals surface area contributed by atoms with E-state index in [1.54, 1.807) is 11.9 Å². The highest BCUT2D eigenvalue weighted by molar-refractivity contribution is 7.96. The number of carbonyl (C=O) groups excluding carboxylic acids is 1. The predicted molar refractivity (Wildman–Crippen MR) is 113 cm³/mol. The van der Waals surface area contributed by atoms with Crippen LogP contribution in [0.3, 0.4) is 0 Å². The van der Waals surface area contributed by atoms with Gasteiger partial charge in [-0.3, -0.25) is 10.0 Å². The van der Waals surface area contributed by atoms with Gasteiger partial charge in [-0.2, -0.15) is 4.98 Å². The number of aryl methyl sites for hydroxylation is 1. The predicted octanol–water partition coefficient (Wildman–Crippen LogP) is 3.86. The van der Waals surface area contributed by atoms with Crippen molar-refractivity contribution in [2.24, 2.45) is 0 Å². The van der Waals surface area contributed by atoms with Crippen LogP contribution < -0.4 is 20.7 Å². The maximum Gasteiger partial charge on any atom is 0.326 e. The van der Waals surface area contributed by atoms with Gasteiger partial charge in [0.25, 0.3) is 0 Å². The van der Waals surface area contributed by atoms with Gasteiger partial charge in [0, 0.05) is 30.5 Å². The fraction of sp³-hybridized carbons (Fsp3) is 0.211. The number of hydrogen-bond acceptors (Lipinski definition) is 6. The van der Waals surface area contributed by atoms with Crippen molar-refractivity contribution in [3.8, 4) is 0 Å². The number of nitrogens with zero attached hydrogens (tertiary/aromatic N) is 2. The van der Waals surface area contributed by atoms with Crippen molar-refractivity contribution in [2.75, 3.05) is 35.3 Å². The molecule has 0 radical (unpaired) electrons. The molecule has 0 fully saturated rings. The Hall–Kier alpha value is -2.84. The molecule has 0 atom stereocenters. The number of rotatable bonds is 7. The van der Waals surface area contributed by atoms with Gasteiger partial charge in [0.2, 0.25) is 5.95 Å². The Balaban J connectivity index is 1.63. The average Bonchev–Trinajstić information content (AvgIpc) is 2.64. The van der Waals surface area contributed by atoms with E-state index < -0.39 is 0 Å².